The van der Waals surface area contributed by atoms with Gasteiger partial charge in [0.05, 0.1) is 16.3 Å². The van der Waals surface area contributed by atoms with E-state index in [1.54, 1.807) is 6.07 Å². The van der Waals surface area contributed by atoms with Crippen LogP contribution in [-0.2, 0) is 36.3 Å². The van der Waals surface area contributed by atoms with Crippen LogP contribution >= 0.6 is 0 Å². The maximum absolute atomic E-state index is 11.5. The fourth-order valence-electron chi connectivity index (χ4n) is 3.52. The second-order valence-electron chi connectivity index (χ2n) is 6.94. The van der Waals surface area contributed by atoms with Crippen molar-refractivity contribution in [2.75, 3.05) is 5.75 Å². The van der Waals surface area contributed by atoms with Crippen LogP contribution in [0.4, 0.5) is 5.69 Å². The van der Waals surface area contributed by atoms with Crippen molar-refractivity contribution in [3.8, 4) is 0 Å². The van der Waals surface area contributed by atoms with Gasteiger partial charge in [-0.25, -0.2) is 0 Å². The van der Waals surface area contributed by atoms with Crippen molar-refractivity contribution in [3.05, 3.63) is 35.9 Å². The predicted molar refractivity (Wildman–Crippen MR) is 109 cm³/mol. The van der Waals surface area contributed by atoms with E-state index in [0.29, 0.717) is 17.5 Å². The van der Waals surface area contributed by atoms with E-state index in [2.05, 4.69) is 4.99 Å². The summed E-state index contributed by atoms with van der Waals surface area (Å²) in [7, 11) is -11.5. The summed E-state index contributed by atoms with van der Waals surface area (Å²) in [6.45, 7) is 3.76. The Labute approximate surface area is 175 Å². The first kappa shape index (κ1) is 24.1. The van der Waals surface area contributed by atoms with Crippen molar-refractivity contribution in [2.45, 2.75) is 37.0 Å². The Balaban J connectivity index is 0.000000735. The van der Waals surface area contributed by atoms with Gasteiger partial charge < -0.3 is 0 Å². The molecule has 0 bridgehead atoms. The number of benzene rings is 2. The maximum Gasteiger partial charge on any atom is 0.425 e. The highest BCUT2D eigenvalue weighted by Crippen LogP contribution is 2.47. The molecule has 10 nitrogen and oxygen atoms in total. The van der Waals surface area contributed by atoms with E-state index < -0.39 is 36.3 Å². The fraction of sp³-hybridized carbons (Fsp3) is 0.353. The topological polar surface area (TPSA) is 172 Å². The van der Waals surface area contributed by atoms with Crippen LogP contribution < -0.4 is 0 Å². The number of aliphatic imine (C=N–C) groups is 1. The van der Waals surface area contributed by atoms with Crippen LogP contribution in [0, 0.1) is 0 Å². The summed E-state index contributed by atoms with van der Waals surface area (Å²) in [5.74, 6) is -0.355. The molecule has 164 valence electrons. The van der Waals surface area contributed by atoms with Crippen LogP contribution in [0.2, 0.25) is 0 Å². The Morgan fingerprint density at radius 1 is 1.03 bits per heavy atom. The molecule has 3 rings (SSSR count). The lowest BCUT2D eigenvalue weighted by atomic mass is 9.74. The smallest absolute Gasteiger partial charge is 0.286 e. The molecule has 2 N–H and O–H groups in total. The van der Waals surface area contributed by atoms with Crippen LogP contribution in [0.3, 0.4) is 0 Å². The summed E-state index contributed by atoms with van der Waals surface area (Å²) >= 11 is 0. The molecule has 1 heterocycles. The van der Waals surface area contributed by atoms with Crippen molar-refractivity contribution in [3.63, 3.8) is 0 Å². The number of hydrogen-bond acceptors (Lipinski definition) is 8. The lowest BCUT2D eigenvalue weighted by Gasteiger charge is -2.27. The Hall–Kier alpha value is -2.19. The average molecular weight is 478 g/mol. The predicted octanol–water partition coefficient (Wildman–Crippen LogP) is 2.11. The summed E-state index contributed by atoms with van der Waals surface area (Å²) in [6.07, 6.45) is 0.653. The van der Waals surface area contributed by atoms with Gasteiger partial charge in [0.2, 0.25) is 0 Å². The molecule has 1 aliphatic rings. The van der Waals surface area contributed by atoms with Gasteiger partial charge in [-0.15, -0.1) is 12.6 Å². The Morgan fingerprint density at radius 3 is 2.13 bits per heavy atom. The molecule has 0 aromatic heterocycles. The van der Waals surface area contributed by atoms with Crippen molar-refractivity contribution < 1.29 is 38.6 Å². The molecule has 1 atom stereocenters. The lowest BCUT2D eigenvalue weighted by Crippen LogP contribution is -2.28. The monoisotopic (exact) mass is 477 g/mol. The van der Waals surface area contributed by atoms with Gasteiger partial charge in [0.25, 0.3) is 20.2 Å². The van der Waals surface area contributed by atoms with Crippen molar-refractivity contribution in [2.24, 2.45) is 4.99 Å². The molecule has 1 unspecified atom stereocenters. The zero-order valence-corrected chi connectivity index (χ0v) is 18.4. The van der Waals surface area contributed by atoms with Gasteiger partial charge in [-0.1, -0.05) is 19.1 Å². The van der Waals surface area contributed by atoms with Gasteiger partial charge in [0, 0.05) is 11.1 Å². The van der Waals surface area contributed by atoms with E-state index in [1.807, 2.05) is 26.0 Å². The number of fused-ring (bicyclic) bond motifs is 3. The van der Waals surface area contributed by atoms with E-state index in [0.717, 1.165) is 16.7 Å². The van der Waals surface area contributed by atoms with Crippen LogP contribution in [-0.4, -0.2) is 50.0 Å². The quantitative estimate of drug-likeness (QED) is 0.611. The zero-order chi connectivity index (χ0) is 22.9. The van der Waals surface area contributed by atoms with Gasteiger partial charge in [-0.05, 0) is 54.3 Å². The SMILES string of the molecule is CC1=Nc2ccc3ccc(S(=O)(=O)O)cc3c2C1(C)CCCS(=O)(=O)O.O=S(=O)=O. The van der Waals surface area contributed by atoms with E-state index in [9.17, 15) is 21.4 Å². The van der Waals surface area contributed by atoms with E-state index in [1.165, 1.54) is 12.1 Å². The molecular weight excluding hydrogens is 458 g/mol. The highest BCUT2D eigenvalue weighted by Gasteiger charge is 2.38. The standard InChI is InChI=1S/C17H19NO6S2.O3S/c1-11-17(2,8-3-9-25(19,20)21)16-14-10-13(26(22,23)24)6-4-12(14)5-7-15(16)18-11;1-4(2)3/h4-7,10H,3,8-9H2,1-2H3,(H,19,20,21)(H,22,23,24);. The molecular formula is C17H19NO9S3. The summed E-state index contributed by atoms with van der Waals surface area (Å²) in [5.41, 5.74) is 1.68. The Kier molecular flexibility index (Phi) is 6.83. The van der Waals surface area contributed by atoms with E-state index >= 15 is 0 Å². The van der Waals surface area contributed by atoms with Crippen LogP contribution in [0.25, 0.3) is 10.8 Å². The zero-order valence-electron chi connectivity index (χ0n) is 15.9. The first-order valence-corrected chi connectivity index (χ1v) is 12.5. The highest BCUT2D eigenvalue weighted by molar-refractivity contribution is 7.86. The Bertz CT molecular complexity index is 1340. The Morgan fingerprint density at radius 2 is 1.60 bits per heavy atom. The minimum Gasteiger partial charge on any atom is -0.286 e. The third-order valence-electron chi connectivity index (χ3n) is 4.99. The third-order valence-corrected chi connectivity index (χ3v) is 6.64. The normalized spacial score (nSPS) is 18.3. The first-order valence-electron chi connectivity index (χ1n) is 8.47. The molecule has 0 spiro atoms. The molecule has 0 saturated carbocycles. The molecule has 0 aliphatic carbocycles. The summed E-state index contributed by atoms with van der Waals surface area (Å²) in [6, 6.07) is 8.02. The molecule has 1 aliphatic heterocycles. The molecule has 0 saturated heterocycles. The van der Waals surface area contributed by atoms with Gasteiger partial charge in [-0.2, -0.15) is 16.8 Å². The summed E-state index contributed by atoms with van der Waals surface area (Å²) in [5, 5.41) is 1.44. The van der Waals surface area contributed by atoms with Gasteiger partial charge in [0.1, 0.15) is 0 Å². The molecule has 2 aromatic carbocycles. The average Bonchev–Trinajstić information content (AvgIpc) is 2.83. The summed E-state index contributed by atoms with van der Waals surface area (Å²) in [4.78, 5) is 4.35. The van der Waals surface area contributed by atoms with Crippen LogP contribution in [0.1, 0.15) is 32.3 Å². The molecule has 0 amide bonds. The number of nitrogens with zero attached hydrogens (tertiary/aromatic N) is 1. The third kappa shape index (κ3) is 5.49. The fourth-order valence-corrected chi connectivity index (χ4v) is 4.54. The molecule has 13 heteroatoms. The minimum absolute atomic E-state index is 0.205. The van der Waals surface area contributed by atoms with Crippen molar-refractivity contribution in [1.82, 2.24) is 0 Å². The van der Waals surface area contributed by atoms with Gasteiger partial charge in [0.15, 0.2) is 0 Å². The second kappa shape index (κ2) is 8.51. The lowest BCUT2D eigenvalue weighted by molar-refractivity contribution is 0.474. The molecule has 0 fully saturated rings. The van der Waals surface area contributed by atoms with Crippen molar-refractivity contribution >= 4 is 53.0 Å². The largest absolute Gasteiger partial charge is 0.425 e. The molecule has 30 heavy (non-hydrogen) atoms. The number of rotatable bonds is 5. The van der Waals surface area contributed by atoms with Gasteiger partial charge in [-0.3, -0.25) is 14.1 Å². The summed E-state index contributed by atoms with van der Waals surface area (Å²) < 4.78 is 88.8. The first-order chi connectivity index (χ1) is 13.6. The second-order valence-corrected chi connectivity index (χ2v) is 10.3. The van der Waals surface area contributed by atoms with Gasteiger partial charge >= 0.3 is 10.6 Å². The minimum atomic E-state index is -4.35. The van der Waals surface area contributed by atoms with Crippen molar-refractivity contribution in [1.29, 1.82) is 0 Å². The number of hydrogen-bond donors (Lipinski definition) is 2. The van der Waals surface area contributed by atoms with E-state index in [4.69, 9.17) is 17.2 Å². The highest BCUT2D eigenvalue weighted by atomic mass is 32.2. The van der Waals surface area contributed by atoms with Crippen LogP contribution in [0.15, 0.2) is 40.2 Å². The van der Waals surface area contributed by atoms with E-state index in [-0.39, 0.29) is 17.1 Å². The van der Waals surface area contributed by atoms with Crippen LogP contribution in [0.5, 0.6) is 0 Å². The maximum atomic E-state index is 11.5. The molecule has 2 aromatic rings. The molecule has 0 radical (unpaired) electrons.